The molecule has 1 aromatic carbocycles. The van der Waals surface area contributed by atoms with Crippen LogP contribution >= 0.6 is 15.9 Å². The third-order valence-corrected chi connectivity index (χ3v) is 4.35. The average Bonchev–Trinajstić information content (AvgIpc) is 2.45. The van der Waals surface area contributed by atoms with Gasteiger partial charge in [0.2, 0.25) is 0 Å². The van der Waals surface area contributed by atoms with E-state index in [9.17, 15) is 4.79 Å². The number of benzene rings is 1. The topological polar surface area (TPSA) is 41.6 Å². The highest BCUT2D eigenvalue weighted by Crippen LogP contribution is 2.24. The van der Waals surface area contributed by atoms with Crippen molar-refractivity contribution in [1.82, 2.24) is 4.90 Å². The number of hydrogen-bond acceptors (Lipinski definition) is 3. The fourth-order valence-corrected chi connectivity index (χ4v) is 3.03. The van der Waals surface area contributed by atoms with Crippen LogP contribution in [-0.2, 0) is 4.74 Å². The summed E-state index contributed by atoms with van der Waals surface area (Å²) in [7, 11) is 0. The molecule has 0 bridgehead atoms. The van der Waals surface area contributed by atoms with E-state index in [0.717, 1.165) is 42.5 Å². The standard InChI is InChI=1S/C17H25BrN2O2/c1-17(2,3)22-16(21)20-11-7-6-8-13(20)12-19-15-10-5-4-9-14(15)18/h4-5,9-10,13,19H,6-8,11-12H2,1-3H3/t13-/m0/s1. The predicted molar refractivity (Wildman–Crippen MR) is 93.2 cm³/mol. The molecule has 1 heterocycles. The number of halogens is 1. The summed E-state index contributed by atoms with van der Waals surface area (Å²) in [5, 5.41) is 3.43. The molecule has 0 spiro atoms. The van der Waals surface area contributed by atoms with E-state index in [0.29, 0.717) is 0 Å². The Morgan fingerprint density at radius 3 is 2.77 bits per heavy atom. The van der Waals surface area contributed by atoms with Gasteiger partial charge in [-0.3, -0.25) is 0 Å². The molecule has 1 aliphatic rings. The quantitative estimate of drug-likeness (QED) is 0.843. The first kappa shape index (κ1) is 17.1. The summed E-state index contributed by atoms with van der Waals surface area (Å²) >= 11 is 3.54. The van der Waals surface area contributed by atoms with Crippen molar-refractivity contribution in [3.63, 3.8) is 0 Å². The summed E-state index contributed by atoms with van der Waals surface area (Å²) < 4.78 is 6.57. The maximum atomic E-state index is 12.4. The Labute approximate surface area is 141 Å². The zero-order chi connectivity index (χ0) is 16.2. The Bertz CT molecular complexity index is 514. The summed E-state index contributed by atoms with van der Waals surface area (Å²) in [5.41, 5.74) is 0.604. The number of anilines is 1. The number of nitrogens with one attached hydrogen (secondary N) is 1. The summed E-state index contributed by atoms with van der Waals surface area (Å²) in [6, 6.07) is 8.21. The van der Waals surface area contributed by atoms with Crippen LogP contribution in [0.5, 0.6) is 0 Å². The molecule has 1 amide bonds. The van der Waals surface area contributed by atoms with Crippen molar-refractivity contribution in [2.45, 2.75) is 51.7 Å². The smallest absolute Gasteiger partial charge is 0.410 e. The lowest BCUT2D eigenvalue weighted by atomic mass is 10.0. The lowest BCUT2D eigenvalue weighted by molar-refractivity contribution is 0.0114. The van der Waals surface area contributed by atoms with Crippen molar-refractivity contribution in [3.8, 4) is 0 Å². The summed E-state index contributed by atoms with van der Waals surface area (Å²) in [4.78, 5) is 14.2. The first-order valence-electron chi connectivity index (χ1n) is 7.85. The second kappa shape index (κ2) is 7.36. The van der Waals surface area contributed by atoms with Crippen LogP contribution in [0, 0.1) is 0 Å². The first-order chi connectivity index (χ1) is 10.4. The van der Waals surface area contributed by atoms with E-state index in [-0.39, 0.29) is 12.1 Å². The van der Waals surface area contributed by atoms with E-state index in [1.807, 2.05) is 49.9 Å². The van der Waals surface area contributed by atoms with E-state index in [4.69, 9.17) is 4.74 Å². The highest BCUT2D eigenvalue weighted by Gasteiger charge is 2.30. The van der Waals surface area contributed by atoms with Crippen LogP contribution in [0.25, 0.3) is 0 Å². The van der Waals surface area contributed by atoms with E-state index < -0.39 is 5.60 Å². The second-order valence-electron chi connectivity index (χ2n) is 6.68. The van der Waals surface area contributed by atoms with Gasteiger partial charge in [0.15, 0.2) is 0 Å². The second-order valence-corrected chi connectivity index (χ2v) is 7.54. The van der Waals surface area contributed by atoms with Crippen molar-refractivity contribution >= 4 is 27.7 Å². The Morgan fingerprint density at radius 2 is 2.09 bits per heavy atom. The number of carbonyl (C=O) groups is 1. The average molecular weight is 369 g/mol. The Hall–Kier alpha value is -1.23. The molecule has 0 unspecified atom stereocenters. The molecule has 122 valence electrons. The van der Waals surface area contributed by atoms with Gasteiger partial charge in [0.25, 0.3) is 0 Å². The zero-order valence-corrected chi connectivity index (χ0v) is 15.1. The zero-order valence-electron chi connectivity index (χ0n) is 13.6. The number of ether oxygens (including phenoxy) is 1. The molecule has 5 heteroatoms. The Morgan fingerprint density at radius 1 is 1.36 bits per heavy atom. The van der Waals surface area contributed by atoms with Crippen LogP contribution < -0.4 is 5.32 Å². The van der Waals surface area contributed by atoms with Gasteiger partial charge in [-0.25, -0.2) is 4.79 Å². The van der Waals surface area contributed by atoms with Gasteiger partial charge in [-0.15, -0.1) is 0 Å². The molecular weight excluding hydrogens is 344 g/mol. The summed E-state index contributed by atoms with van der Waals surface area (Å²) in [6.07, 6.45) is 3.01. The van der Waals surface area contributed by atoms with Gasteiger partial charge in [-0.2, -0.15) is 0 Å². The van der Waals surface area contributed by atoms with Gasteiger partial charge >= 0.3 is 6.09 Å². The number of hydrogen-bond donors (Lipinski definition) is 1. The molecular formula is C17H25BrN2O2. The number of amides is 1. The minimum Gasteiger partial charge on any atom is -0.444 e. The van der Waals surface area contributed by atoms with Crippen molar-refractivity contribution in [2.24, 2.45) is 0 Å². The van der Waals surface area contributed by atoms with Crippen molar-refractivity contribution < 1.29 is 9.53 Å². The van der Waals surface area contributed by atoms with Gasteiger partial charge in [0, 0.05) is 23.2 Å². The summed E-state index contributed by atoms with van der Waals surface area (Å²) in [6.45, 7) is 7.23. The van der Waals surface area contributed by atoms with Gasteiger partial charge < -0.3 is 15.0 Å². The van der Waals surface area contributed by atoms with Gasteiger partial charge in [-0.1, -0.05) is 12.1 Å². The van der Waals surface area contributed by atoms with Crippen molar-refractivity contribution in [3.05, 3.63) is 28.7 Å². The van der Waals surface area contributed by atoms with Crippen LogP contribution in [0.15, 0.2) is 28.7 Å². The number of carbonyl (C=O) groups excluding carboxylic acids is 1. The molecule has 0 aliphatic carbocycles. The fraction of sp³-hybridized carbons (Fsp3) is 0.588. The highest BCUT2D eigenvalue weighted by atomic mass is 79.9. The molecule has 2 rings (SSSR count). The molecule has 22 heavy (non-hydrogen) atoms. The third-order valence-electron chi connectivity index (χ3n) is 3.66. The van der Waals surface area contributed by atoms with Crippen LogP contribution in [0.3, 0.4) is 0 Å². The van der Waals surface area contributed by atoms with E-state index in [2.05, 4.69) is 21.2 Å². The summed E-state index contributed by atoms with van der Waals surface area (Å²) in [5.74, 6) is 0. The van der Waals surface area contributed by atoms with Crippen LogP contribution in [0.1, 0.15) is 40.0 Å². The number of para-hydroxylation sites is 1. The van der Waals surface area contributed by atoms with Gasteiger partial charge in [0.05, 0.1) is 6.04 Å². The molecule has 1 saturated heterocycles. The minimum absolute atomic E-state index is 0.177. The van der Waals surface area contributed by atoms with Crippen LogP contribution in [0.4, 0.5) is 10.5 Å². The largest absolute Gasteiger partial charge is 0.444 e. The predicted octanol–water partition coefficient (Wildman–Crippen LogP) is 4.65. The molecule has 1 aromatic rings. The molecule has 4 nitrogen and oxygen atoms in total. The lowest BCUT2D eigenvalue weighted by Gasteiger charge is -2.37. The van der Waals surface area contributed by atoms with Crippen LogP contribution in [-0.4, -0.2) is 35.7 Å². The Kier molecular flexibility index (Phi) is 5.73. The molecule has 1 fully saturated rings. The number of piperidine rings is 1. The van der Waals surface area contributed by atoms with E-state index in [1.54, 1.807) is 0 Å². The molecule has 0 saturated carbocycles. The van der Waals surface area contributed by atoms with Gasteiger partial charge in [-0.05, 0) is 68.1 Å². The maximum absolute atomic E-state index is 12.4. The number of rotatable bonds is 3. The van der Waals surface area contributed by atoms with Crippen molar-refractivity contribution in [2.75, 3.05) is 18.4 Å². The molecule has 0 aromatic heterocycles. The third kappa shape index (κ3) is 4.90. The Balaban J connectivity index is 1.98. The van der Waals surface area contributed by atoms with Crippen molar-refractivity contribution in [1.29, 1.82) is 0 Å². The number of nitrogens with zero attached hydrogens (tertiary/aromatic N) is 1. The molecule has 0 radical (unpaired) electrons. The normalized spacial score (nSPS) is 18.9. The fourth-order valence-electron chi connectivity index (χ4n) is 2.61. The number of likely N-dealkylation sites (tertiary alicyclic amines) is 1. The van der Waals surface area contributed by atoms with E-state index >= 15 is 0 Å². The molecule has 1 atom stereocenters. The highest BCUT2D eigenvalue weighted by molar-refractivity contribution is 9.10. The molecule has 1 N–H and O–H groups in total. The van der Waals surface area contributed by atoms with E-state index in [1.165, 1.54) is 0 Å². The monoisotopic (exact) mass is 368 g/mol. The lowest BCUT2D eigenvalue weighted by Crippen LogP contribution is -2.48. The first-order valence-corrected chi connectivity index (χ1v) is 8.64. The minimum atomic E-state index is -0.449. The van der Waals surface area contributed by atoms with Gasteiger partial charge in [0.1, 0.15) is 5.60 Å². The SMILES string of the molecule is CC(C)(C)OC(=O)N1CCCC[C@H]1CNc1ccccc1Br. The van der Waals surface area contributed by atoms with Crippen LogP contribution in [0.2, 0.25) is 0 Å². The maximum Gasteiger partial charge on any atom is 0.410 e. The molecule has 1 aliphatic heterocycles.